The summed E-state index contributed by atoms with van der Waals surface area (Å²) in [5.74, 6) is 0.719. The maximum absolute atomic E-state index is 12.3. The Bertz CT molecular complexity index is 742. The van der Waals surface area contributed by atoms with E-state index in [1.165, 1.54) is 10.6 Å². The van der Waals surface area contributed by atoms with Crippen molar-refractivity contribution in [2.45, 2.75) is 57.6 Å². The van der Waals surface area contributed by atoms with Crippen LogP contribution >= 0.6 is 15.9 Å². The molecule has 0 spiro atoms. The molecule has 2 saturated carbocycles. The van der Waals surface area contributed by atoms with Gasteiger partial charge in [-0.15, -0.1) is 0 Å². The molecule has 0 atom stereocenters. The van der Waals surface area contributed by atoms with E-state index in [-0.39, 0.29) is 29.4 Å². The Morgan fingerprint density at radius 2 is 1.92 bits per heavy atom. The third-order valence-electron chi connectivity index (χ3n) is 5.17. The Hall–Kier alpha value is -1.63. The fourth-order valence-corrected chi connectivity index (χ4v) is 4.03. The quantitative estimate of drug-likeness (QED) is 0.825. The number of aromatic nitrogens is 1. The first kappa shape index (κ1) is 18.2. The molecule has 7 heteroatoms. The fraction of sp³-hybridized carbons (Fsp3) is 0.611. The van der Waals surface area contributed by atoms with Crippen LogP contribution in [0.4, 0.5) is 0 Å². The summed E-state index contributed by atoms with van der Waals surface area (Å²) in [4.78, 5) is 35.2. The number of carbonyl (C=O) groups excluding carboxylic acids is 2. The van der Waals surface area contributed by atoms with Crippen LogP contribution in [0.5, 0.6) is 5.75 Å². The van der Waals surface area contributed by atoms with E-state index in [1.54, 1.807) is 13.2 Å². The summed E-state index contributed by atoms with van der Waals surface area (Å²) in [6, 6.07) is 1.62. The predicted molar refractivity (Wildman–Crippen MR) is 96.5 cm³/mol. The summed E-state index contributed by atoms with van der Waals surface area (Å²) in [6.07, 6.45) is 5.76. The van der Waals surface area contributed by atoms with Crippen molar-refractivity contribution in [3.8, 4) is 5.75 Å². The van der Waals surface area contributed by atoms with Gasteiger partial charge in [0.1, 0.15) is 11.5 Å². The molecule has 2 aliphatic rings. The van der Waals surface area contributed by atoms with E-state index in [4.69, 9.17) is 4.74 Å². The van der Waals surface area contributed by atoms with Crippen LogP contribution in [-0.2, 0) is 16.6 Å². The van der Waals surface area contributed by atoms with Gasteiger partial charge in [-0.25, -0.2) is 0 Å². The minimum absolute atomic E-state index is 0.00855. The van der Waals surface area contributed by atoms with Crippen molar-refractivity contribution in [1.82, 2.24) is 9.88 Å². The number of aryl methyl sites for hydroxylation is 1. The highest BCUT2D eigenvalue weighted by Gasteiger charge is 2.46. The topological polar surface area (TPSA) is 77.4 Å². The molecule has 0 unspecified atom stereocenters. The molecule has 136 valence electrons. The number of rotatable bonds is 4. The summed E-state index contributed by atoms with van der Waals surface area (Å²) in [6.45, 7) is 1.85. The minimum atomic E-state index is -0.514. The smallest absolute Gasteiger partial charge is 0.254 e. The number of carbonyl (C=O) groups is 2. The lowest BCUT2D eigenvalue weighted by Crippen LogP contribution is -2.51. The summed E-state index contributed by atoms with van der Waals surface area (Å²) in [5, 5.41) is 3.08. The van der Waals surface area contributed by atoms with Gasteiger partial charge in [0.2, 0.25) is 5.91 Å². The number of ketones is 1. The van der Waals surface area contributed by atoms with Crippen LogP contribution in [-0.4, -0.2) is 28.4 Å². The van der Waals surface area contributed by atoms with Gasteiger partial charge in [-0.05, 0) is 48.5 Å². The summed E-state index contributed by atoms with van der Waals surface area (Å²) in [5.41, 5.74) is -0.623. The second kappa shape index (κ2) is 6.94. The van der Waals surface area contributed by atoms with Gasteiger partial charge in [0.25, 0.3) is 5.56 Å². The van der Waals surface area contributed by atoms with Crippen LogP contribution in [0, 0.1) is 5.41 Å². The van der Waals surface area contributed by atoms with Crippen molar-refractivity contribution >= 4 is 27.6 Å². The third-order valence-corrected chi connectivity index (χ3v) is 5.77. The standard InChI is InChI=1S/C18H23BrN2O4/c1-18(8-12(22)9-18)17(24)20-11-3-5-13(6-4-11)25-15-7-16(23)21(2)10-14(15)19/h7,10-11,13H,3-6,8-9H2,1-2H3,(H,20,24). The van der Waals surface area contributed by atoms with Gasteiger partial charge in [0, 0.05) is 38.2 Å². The zero-order chi connectivity index (χ0) is 18.2. The summed E-state index contributed by atoms with van der Waals surface area (Å²) in [7, 11) is 1.70. The molecule has 0 saturated heterocycles. The van der Waals surface area contributed by atoms with Crippen LogP contribution in [0.25, 0.3) is 0 Å². The number of nitrogens with zero attached hydrogens (tertiary/aromatic N) is 1. The van der Waals surface area contributed by atoms with Crippen molar-refractivity contribution in [3.05, 3.63) is 27.1 Å². The number of hydrogen-bond donors (Lipinski definition) is 1. The van der Waals surface area contributed by atoms with E-state index < -0.39 is 5.41 Å². The number of halogens is 1. The SMILES string of the molecule is Cn1cc(Br)c(OC2CCC(NC(=O)C3(C)CC(=O)C3)CC2)cc1=O. The first-order chi connectivity index (χ1) is 11.8. The Morgan fingerprint density at radius 3 is 2.52 bits per heavy atom. The minimum Gasteiger partial charge on any atom is -0.489 e. The number of ether oxygens (including phenoxy) is 1. The number of amides is 1. The zero-order valence-electron chi connectivity index (χ0n) is 14.5. The Balaban J connectivity index is 1.51. The average molecular weight is 411 g/mol. The highest BCUT2D eigenvalue weighted by atomic mass is 79.9. The van der Waals surface area contributed by atoms with E-state index in [2.05, 4.69) is 21.2 Å². The maximum Gasteiger partial charge on any atom is 0.254 e. The Labute approximate surface area is 155 Å². The molecule has 1 aromatic rings. The molecule has 0 bridgehead atoms. The number of hydrogen-bond acceptors (Lipinski definition) is 4. The van der Waals surface area contributed by atoms with Gasteiger partial charge in [-0.1, -0.05) is 0 Å². The summed E-state index contributed by atoms with van der Waals surface area (Å²) < 4.78 is 8.22. The predicted octanol–water partition coefficient (Wildman–Crippen LogP) is 2.32. The van der Waals surface area contributed by atoms with Gasteiger partial charge in [-0.2, -0.15) is 0 Å². The lowest BCUT2D eigenvalue weighted by atomic mass is 9.68. The molecule has 0 aromatic carbocycles. The Kier molecular flexibility index (Phi) is 5.04. The molecule has 0 radical (unpaired) electrons. The van der Waals surface area contributed by atoms with E-state index in [0.717, 1.165) is 30.2 Å². The first-order valence-electron chi connectivity index (χ1n) is 8.62. The molecule has 3 rings (SSSR count). The normalized spacial score (nSPS) is 25.2. The van der Waals surface area contributed by atoms with Crippen molar-refractivity contribution in [3.63, 3.8) is 0 Å². The van der Waals surface area contributed by atoms with Crippen molar-refractivity contribution in [1.29, 1.82) is 0 Å². The maximum atomic E-state index is 12.3. The molecular weight excluding hydrogens is 388 g/mol. The van der Waals surface area contributed by atoms with Crippen LogP contribution in [0.3, 0.4) is 0 Å². The fourth-order valence-electron chi connectivity index (χ4n) is 3.51. The molecule has 0 aliphatic heterocycles. The van der Waals surface area contributed by atoms with Crippen LogP contribution < -0.4 is 15.6 Å². The van der Waals surface area contributed by atoms with Gasteiger partial charge in [0.05, 0.1) is 16.0 Å². The van der Waals surface area contributed by atoms with Gasteiger partial charge >= 0.3 is 0 Å². The molecule has 1 amide bonds. The highest BCUT2D eigenvalue weighted by molar-refractivity contribution is 9.10. The lowest BCUT2D eigenvalue weighted by Gasteiger charge is -2.37. The van der Waals surface area contributed by atoms with Crippen molar-refractivity contribution < 1.29 is 14.3 Å². The van der Waals surface area contributed by atoms with Crippen LogP contribution in [0.15, 0.2) is 21.5 Å². The number of Topliss-reactive ketones (excluding diaryl/α,β-unsaturated/α-hetero) is 1. The van der Waals surface area contributed by atoms with Crippen LogP contribution in [0.2, 0.25) is 0 Å². The molecule has 1 aromatic heterocycles. The van der Waals surface area contributed by atoms with E-state index in [1.807, 2.05) is 6.92 Å². The highest BCUT2D eigenvalue weighted by Crippen LogP contribution is 2.38. The van der Waals surface area contributed by atoms with Gasteiger partial charge in [0.15, 0.2) is 0 Å². The number of pyridine rings is 1. The average Bonchev–Trinajstić information content (AvgIpc) is 2.53. The molecule has 6 nitrogen and oxygen atoms in total. The second-order valence-electron chi connectivity index (χ2n) is 7.45. The zero-order valence-corrected chi connectivity index (χ0v) is 16.1. The van der Waals surface area contributed by atoms with Gasteiger partial charge < -0.3 is 14.6 Å². The third kappa shape index (κ3) is 3.97. The monoisotopic (exact) mass is 410 g/mol. The van der Waals surface area contributed by atoms with E-state index in [9.17, 15) is 14.4 Å². The molecule has 1 N–H and O–H groups in total. The van der Waals surface area contributed by atoms with E-state index >= 15 is 0 Å². The largest absolute Gasteiger partial charge is 0.489 e. The van der Waals surface area contributed by atoms with Crippen molar-refractivity contribution in [2.24, 2.45) is 12.5 Å². The molecule has 25 heavy (non-hydrogen) atoms. The summed E-state index contributed by atoms with van der Waals surface area (Å²) >= 11 is 3.42. The van der Waals surface area contributed by atoms with E-state index in [0.29, 0.717) is 18.6 Å². The molecular formula is C18H23BrN2O4. The molecule has 1 heterocycles. The second-order valence-corrected chi connectivity index (χ2v) is 8.31. The molecule has 2 fully saturated rings. The lowest BCUT2D eigenvalue weighted by molar-refractivity contribution is -0.146. The number of nitrogens with one attached hydrogen (secondary N) is 1. The molecule has 2 aliphatic carbocycles. The van der Waals surface area contributed by atoms with Gasteiger partial charge in [-0.3, -0.25) is 14.4 Å². The first-order valence-corrected chi connectivity index (χ1v) is 9.42. The van der Waals surface area contributed by atoms with Crippen LogP contribution in [0.1, 0.15) is 45.4 Å². The van der Waals surface area contributed by atoms with Crippen molar-refractivity contribution in [2.75, 3.05) is 0 Å². The Morgan fingerprint density at radius 1 is 1.28 bits per heavy atom.